The zero-order valence-electron chi connectivity index (χ0n) is 18.9. The lowest BCUT2D eigenvalue weighted by Gasteiger charge is -2.15. The molecule has 0 aliphatic rings. The first-order valence-corrected chi connectivity index (χ1v) is 10.3. The van der Waals surface area contributed by atoms with E-state index in [2.05, 4.69) is 0 Å². The molecule has 0 saturated carbocycles. The molecule has 1 rings (SSSR count). The van der Waals surface area contributed by atoms with Crippen LogP contribution >= 0.6 is 0 Å². The Hall–Kier alpha value is -1.42. The molecule has 0 aliphatic heterocycles. The van der Waals surface area contributed by atoms with E-state index in [1.54, 1.807) is 14.2 Å². The van der Waals surface area contributed by atoms with Crippen molar-refractivity contribution in [2.45, 2.75) is 13.8 Å². The number of benzene rings is 1. The third-order valence-electron chi connectivity index (χ3n) is 4.14. The van der Waals surface area contributed by atoms with Crippen LogP contribution in [-0.4, -0.2) is 93.5 Å². The first kappa shape index (κ1) is 26.6. The van der Waals surface area contributed by atoms with Crippen molar-refractivity contribution in [1.29, 1.82) is 0 Å². The number of hydrogen-bond acceptors (Lipinski definition) is 8. The van der Waals surface area contributed by atoms with Crippen molar-refractivity contribution in [3.05, 3.63) is 23.3 Å². The van der Waals surface area contributed by atoms with E-state index < -0.39 is 0 Å². The van der Waals surface area contributed by atoms with Gasteiger partial charge in [-0.3, -0.25) is 0 Å². The molecule has 1 aromatic rings. The summed E-state index contributed by atoms with van der Waals surface area (Å²) in [5.74, 6) is 1.42. The van der Waals surface area contributed by atoms with Crippen molar-refractivity contribution in [3.63, 3.8) is 0 Å². The van der Waals surface area contributed by atoms with E-state index in [-0.39, 0.29) is 0 Å². The molecule has 0 spiro atoms. The van der Waals surface area contributed by atoms with Gasteiger partial charge in [-0.15, -0.1) is 0 Å². The third kappa shape index (κ3) is 13.0. The quantitative estimate of drug-likeness (QED) is 0.292. The highest BCUT2D eigenvalue weighted by Gasteiger charge is 2.08. The van der Waals surface area contributed by atoms with E-state index in [9.17, 15) is 0 Å². The second kappa shape index (κ2) is 18.4. The molecule has 0 aromatic heterocycles. The fourth-order valence-electron chi connectivity index (χ4n) is 2.34. The summed E-state index contributed by atoms with van der Waals surface area (Å²) in [7, 11) is 3.30. The second-order valence-electron chi connectivity index (χ2n) is 6.52. The Morgan fingerprint density at radius 3 is 1.10 bits per heavy atom. The van der Waals surface area contributed by atoms with Crippen molar-refractivity contribution in [1.82, 2.24) is 0 Å². The number of rotatable bonds is 20. The second-order valence-corrected chi connectivity index (χ2v) is 6.52. The minimum atomic E-state index is 0.437. The fourth-order valence-corrected chi connectivity index (χ4v) is 2.34. The van der Waals surface area contributed by atoms with Gasteiger partial charge in [-0.05, 0) is 37.1 Å². The van der Waals surface area contributed by atoms with Crippen LogP contribution in [0, 0.1) is 13.8 Å². The molecule has 0 amide bonds. The Balaban J connectivity index is 2.24. The Morgan fingerprint density at radius 2 is 0.767 bits per heavy atom. The molecule has 0 bridgehead atoms. The summed E-state index contributed by atoms with van der Waals surface area (Å²) in [6, 6.07) is 3.98. The minimum absolute atomic E-state index is 0.437. The lowest BCUT2D eigenvalue weighted by atomic mass is 10.1. The van der Waals surface area contributed by atoms with Gasteiger partial charge in [0.15, 0.2) is 11.5 Å². The van der Waals surface area contributed by atoms with Crippen molar-refractivity contribution in [3.8, 4) is 11.5 Å². The van der Waals surface area contributed by atoms with Gasteiger partial charge >= 0.3 is 0 Å². The maximum Gasteiger partial charge on any atom is 0.161 e. The van der Waals surface area contributed by atoms with E-state index >= 15 is 0 Å². The first-order chi connectivity index (χ1) is 14.7. The summed E-state index contributed by atoms with van der Waals surface area (Å²) in [6.45, 7) is 10.4. The predicted octanol–water partition coefficient (Wildman–Crippen LogP) is 2.42. The summed E-state index contributed by atoms with van der Waals surface area (Å²) in [6.07, 6.45) is 0. The van der Waals surface area contributed by atoms with E-state index in [1.165, 1.54) is 0 Å². The molecule has 0 N–H and O–H groups in total. The highest BCUT2D eigenvalue weighted by atomic mass is 16.6. The average molecular weight is 431 g/mol. The first-order valence-electron chi connectivity index (χ1n) is 10.3. The maximum atomic E-state index is 5.87. The van der Waals surface area contributed by atoms with Gasteiger partial charge in [0.1, 0.15) is 13.2 Å². The SMILES string of the molecule is COCCOCCOCCOc1cc(C)c(C)cc1OCCOCCOCCOC. The molecule has 0 unspecified atom stereocenters. The topological polar surface area (TPSA) is 73.8 Å². The standard InChI is InChI=1S/C22H38O8/c1-19-17-21(29-15-13-27-11-9-25-7-5-23-3)22(18-20(19)2)30-16-14-28-12-10-26-8-6-24-4/h17-18H,5-16H2,1-4H3. The third-order valence-corrected chi connectivity index (χ3v) is 4.14. The zero-order chi connectivity index (χ0) is 21.9. The molecule has 0 saturated heterocycles. The smallest absolute Gasteiger partial charge is 0.161 e. The summed E-state index contributed by atoms with van der Waals surface area (Å²) in [4.78, 5) is 0. The Morgan fingerprint density at radius 1 is 0.467 bits per heavy atom. The molecule has 0 fully saturated rings. The van der Waals surface area contributed by atoms with Gasteiger partial charge in [0.05, 0.1) is 66.1 Å². The molecular weight excluding hydrogens is 392 g/mol. The normalized spacial score (nSPS) is 11.1. The van der Waals surface area contributed by atoms with Crippen LogP contribution < -0.4 is 9.47 Å². The Labute approximate surface area is 180 Å². The van der Waals surface area contributed by atoms with E-state index in [4.69, 9.17) is 37.9 Å². The lowest BCUT2D eigenvalue weighted by molar-refractivity contribution is 0.0159. The van der Waals surface area contributed by atoms with Gasteiger partial charge in [-0.2, -0.15) is 0 Å². The number of hydrogen-bond donors (Lipinski definition) is 0. The fraction of sp³-hybridized carbons (Fsp3) is 0.727. The monoisotopic (exact) mass is 430 g/mol. The van der Waals surface area contributed by atoms with Crippen LogP contribution in [0.5, 0.6) is 11.5 Å². The largest absolute Gasteiger partial charge is 0.487 e. The molecular formula is C22H38O8. The van der Waals surface area contributed by atoms with Crippen LogP contribution in [0.15, 0.2) is 12.1 Å². The minimum Gasteiger partial charge on any atom is -0.487 e. The number of methoxy groups -OCH3 is 2. The van der Waals surface area contributed by atoms with E-state index in [1.807, 2.05) is 26.0 Å². The average Bonchev–Trinajstić information content (AvgIpc) is 2.74. The number of ether oxygens (including phenoxy) is 8. The van der Waals surface area contributed by atoms with Crippen LogP contribution in [-0.2, 0) is 28.4 Å². The molecule has 174 valence electrons. The van der Waals surface area contributed by atoms with E-state index in [0.29, 0.717) is 90.8 Å². The summed E-state index contributed by atoms with van der Waals surface area (Å²) < 4.78 is 43.3. The van der Waals surface area contributed by atoms with Crippen LogP contribution in [0.4, 0.5) is 0 Å². The van der Waals surface area contributed by atoms with Gasteiger partial charge in [0, 0.05) is 14.2 Å². The molecule has 8 heteroatoms. The van der Waals surface area contributed by atoms with Gasteiger partial charge in [-0.1, -0.05) is 0 Å². The molecule has 0 atom stereocenters. The molecule has 0 radical (unpaired) electrons. The lowest BCUT2D eigenvalue weighted by Crippen LogP contribution is -2.14. The highest BCUT2D eigenvalue weighted by molar-refractivity contribution is 5.46. The van der Waals surface area contributed by atoms with Crippen LogP contribution in [0.3, 0.4) is 0 Å². The highest BCUT2D eigenvalue weighted by Crippen LogP contribution is 2.30. The van der Waals surface area contributed by atoms with Gasteiger partial charge < -0.3 is 37.9 Å². The Kier molecular flexibility index (Phi) is 16.3. The van der Waals surface area contributed by atoms with Gasteiger partial charge in [-0.25, -0.2) is 0 Å². The zero-order valence-corrected chi connectivity index (χ0v) is 18.9. The van der Waals surface area contributed by atoms with Gasteiger partial charge in [0.25, 0.3) is 0 Å². The van der Waals surface area contributed by atoms with Crippen molar-refractivity contribution < 1.29 is 37.9 Å². The molecule has 0 heterocycles. The van der Waals surface area contributed by atoms with Crippen molar-refractivity contribution in [2.75, 3.05) is 93.5 Å². The van der Waals surface area contributed by atoms with Gasteiger partial charge in [0.2, 0.25) is 0 Å². The van der Waals surface area contributed by atoms with Crippen molar-refractivity contribution in [2.24, 2.45) is 0 Å². The summed E-state index contributed by atoms with van der Waals surface area (Å²) in [5, 5.41) is 0. The summed E-state index contributed by atoms with van der Waals surface area (Å²) >= 11 is 0. The van der Waals surface area contributed by atoms with E-state index in [0.717, 1.165) is 11.1 Å². The Bertz CT molecular complexity index is 491. The number of aryl methyl sites for hydroxylation is 2. The van der Waals surface area contributed by atoms with Crippen LogP contribution in [0.25, 0.3) is 0 Å². The van der Waals surface area contributed by atoms with Crippen LogP contribution in [0.1, 0.15) is 11.1 Å². The molecule has 0 aliphatic carbocycles. The predicted molar refractivity (Wildman–Crippen MR) is 114 cm³/mol. The van der Waals surface area contributed by atoms with Crippen molar-refractivity contribution >= 4 is 0 Å². The maximum absolute atomic E-state index is 5.87. The molecule has 30 heavy (non-hydrogen) atoms. The van der Waals surface area contributed by atoms with Crippen LogP contribution in [0.2, 0.25) is 0 Å². The molecule has 1 aromatic carbocycles. The molecule has 8 nitrogen and oxygen atoms in total. The summed E-state index contributed by atoms with van der Waals surface area (Å²) in [5.41, 5.74) is 2.29.